The van der Waals surface area contributed by atoms with Crippen LogP contribution < -0.4 is 0 Å². The normalized spacial score (nSPS) is 10.3. The molecule has 0 atom stereocenters. The Hall–Kier alpha value is -2.53. The predicted molar refractivity (Wildman–Crippen MR) is 80.6 cm³/mol. The number of halogens is 1. The van der Waals surface area contributed by atoms with Crippen LogP contribution in [0.3, 0.4) is 0 Å². The molecule has 5 nitrogen and oxygen atoms in total. The van der Waals surface area contributed by atoms with Crippen molar-refractivity contribution in [3.8, 4) is 11.5 Å². The average Bonchev–Trinajstić information content (AvgIpc) is 2.46. The minimum absolute atomic E-state index is 0.000488. The molecular formula is C16H13ClO5. The highest BCUT2D eigenvalue weighted by Gasteiger charge is 2.15. The van der Waals surface area contributed by atoms with Crippen LogP contribution in [0.5, 0.6) is 11.5 Å². The summed E-state index contributed by atoms with van der Waals surface area (Å²) >= 11 is 5.99. The van der Waals surface area contributed by atoms with Gasteiger partial charge in [-0.3, -0.25) is 4.79 Å². The Morgan fingerprint density at radius 3 is 2.36 bits per heavy atom. The standard InChI is InChI=1S/C16H13ClO5/c1-22-16(21)11-4-2-9(6-13(11)17)7-14(19)12-5-3-10(18)8-15(12)20/h2-6,8,18,20H,7H2,1H3. The maximum atomic E-state index is 12.2. The van der Waals surface area contributed by atoms with E-state index in [-0.39, 0.29) is 39.9 Å². The first-order chi connectivity index (χ1) is 10.4. The fourth-order valence-corrected chi connectivity index (χ4v) is 2.26. The number of ether oxygens (including phenoxy) is 1. The zero-order valence-corrected chi connectivity index (χ0v) is 12.4. The molecule has 0 aromatic heterocycles. The fraction of sp³-hybridized carbons (Fsp3) is 0.125. The van der Waals surface area contributed by atoms with Crippen LogP contribution in [0.15, 0.2) is 36.4 Å². The molecule has 0 aliphatic heterocycles. The van der Waals surface area contributed by atoms with Gasteiger partial charge in [0, 0.05) is 12.5 Å². The van der Waals surface area contributed by atoms with E-state index in [0.29, 0.717) is 5.56 Å². The van der Waals surface area contributed by atoms with Crippen LogP contribution in [-0.2, 0) is 11.2 Å². The second-order valence-electron chi connectivity index (χ2n) is 4.61. The fourth-order valence-electron chi connectivity index (χ4n) is 1.98. The molecule has 0 amide bonds. The monoisotopic (exact) mass is 320 g/mol. The number of Topliss-reactive ketones (excluding diaryl/α,β-unsaturated/α-hetero) is 1. The van der Waals surface area contributed by atoms with Crippen molar-refractivity contribution < 1.29 is 24.5 Å². The van der Waals surface area contributed by atoms with Crippen LogP contribution in [0.2, 0.25) is 5.02 Å². The Bertz CT molecular complexity index is 739. The van der Waals surface area contributed by atoms with Gasteiger partial charge in [-0.05, 0) is 29.8 Å². The van der Waals surface area contributed by atoms with Crippen LogP contribution in [0.4, 0.5) is 0 Å². The largest absolute Gasteiger partial charge is 0.508 e. The number of phenolic OH excluding ortho intramolecular Hbond substituents is 2. The van der Waals surface area contributed by atoms with E-state index in [1.807, 2.05) is 0 Å². The molecule has 0 bridgehead atoms. The summed E-state index contributed by atoms with van der Waals surface area (Å²) in [6.07, 6.45) is -0.000488. The first kappa shape index (κ1) is 15.9. The van der Waals surface area contributed by atoms with Gasteiger partial charge in [0.2, 0.25) is 0 Å². The molecule has 0 fully saturated rings. The van der Waals surface area contributed by atoms with Crippen molar-refractivity contribution >= 4 is 23.4 Å². The summed E-state index contributed by atoms with van der Waals surface area (Å²) in [6.45, 7) is 0. The molecule has 114 valence electrons. The van der Waals surface area contributed by atoms with E-state index in [4.69, 9.17) is 11.6 Å². The van der Waals surface area contributed by atoms with Crippen molar-refractivity contribution in [2.75, 3.05) is 7.11 Å². The van der Waals surface area contributed by atoms with Crippen LogP contribution >= 0.6 is 11.6 Å². The summed E-state index contributed by atoms with van der Waals surface area (Å²) in [5.74, 6) is -1.31. The third-order valence-electron chi connectivity index (χ3n) is 3.09. The maximum absolute atomic E-state index is 12.2. The Kier molecular flexibility index (Phi) is 4.68. The summed E-state index contributed by atoms with van der Waals surface area (Å²) in [4.78, 5) is 23.6. The number of hydrogen-bond acceptors (Lipinski definition) is 5. The average molecular weight is 321 g/mol. The quantitative estimate of drug-likeness (QED) is 0.668. The number of carbonyl (C=O) groups is 2. The highest BCUT2D eigenvalue weighted by Crippen LogP contribution is 2.25. The second kappa shape index (κ2) is 6.49. The number of rotatable bonds is 4. The minimum atomic E-state index is -0.556. The van der Waals surface area contributed by atoms with E-state index >= 15 is 0 Å². The Labute approximate surface area is 131 Å². The second-order valence-corrected chi connectivity index (χ2v) is 5.01. The molecule has 22 heavy (non-hydrogen) atoms. The van der Waals surface area contributed by atoms with Crippen molar-refractivity contribution in [2.45, 2.75) is 6.42 Å². The number of methoxy groups -OCH3 is 1. The summed E-state index contributed by atoms with van der Waals surface area (Å²) in [6, 6.07) is 8.34. The molecule has 2 aromatic rings. The highest BCUT2D eigenvalue weighted by molar-refractivity contribution is 6.33. The molecule has 2 N–H and O–H groups in total. The SMILES string of the molecule is COC(=O)c1ccc(CC(=O)c2ccc(O)cc2O)cc1Cl. The number of esters is 1. The molecule has 0 saturated carbocycles. The van der Waals surface area contributed by atoms with E-state index in [0.717, 1.165) is 6.07 Å². The predicted octanol–water partition coefficient (Wildman–Crippen LogP) is 2.96. The molecule has 6 heteroatoms. The zero-order chi connectivity index (χ0) is 16.3. The lowest BCUT2D eigenvalue weighted by Crippen LogP contribution is -2.06. The van der Waals surface area contributed by atoms with Gasteiger partial charge in [-0.2, -0.15) is 0 Å². The van der Waals surface area contributed by atoms with Gasteiger partial charge >= 0.3 is 5.97 Å². The van der Waals surface area contributed by atoms with Gasteiger partial charge in [0.05, 0.1) is 23.3 Å². The topological polar surface area (TPSA) is 83.8 Å². The first-order valence-electron chi connectivity index (χ1n) is 6.34. The van der Waals surface area contributed by atoms with Gasteiger partial charge in [-0.25, -0.2) is 4.79 Å². The van der Waals surface area contributed by atoms with Gasteiger partial charge in [-0.15, -0.1) is 0 Å². The summed E-state index contributed by atoms with van der Waals surface area (Å²) in [5.41, 5.74) is 0.911. The van der Waals surface area contributed by atoms with E-state index in [1.54, 1.807) is 6.07 Å². The number of ketones is 1. The van der Waals surface area contributed by atoms with Gasteiger partial charge in [0.25, 0.3) is 0 Å². The van der Waals surface area contributed by atoms with E-state index < -0.39 is 5.97 Å². The Morgan fingerprint density at radius 1 is 1.09 bits per heavy atom. The zero-order valence-electron chi connectivity index (χ0n) is 11.7. The Balaban J connectivity index is 2.22. The molecule has 2 rings (SSSR count). The van der Waals surface area contributed by atoms with Crippen LogP contribution in [0.25, 0.3) is 0 Å². The number of phenols is 2. The third kappa shape index (κ3) is 3.38. The van der Waals surface area contributed by atoms with Gasteiger partial charge in [0.1, 0.15) is 11.5 Å². The molecule has 0 aliphatic carbocycles. The lowest BCUT2D eigenvalue weighted by atomic mass is 10.0. The van der Waals surface area contributed by atoms with Crippen LogP contribution in [0.1, 0.15) is 26.3 Å². The van der Waals surface area contributed by atoms with Crippen molar-refractivity contribution in [1.29, 1.82) is 0 Å². The van der Waals surface area contributed by atoms with Gasteiger partial charge < -0.3 is 14.9 Å². The minimum Gasteiger partial charge on any atom is -0.508 e. The smallest absolute Gasteiger partial charge is 0.339 e. The highest BCUT2D eigenvalue weighted by atomic mass is 35.5. The summed E-state index contributed by atoms with van der Waals surface area (Å²) < 4.78 is 4.59. The molecule has 0 aliphatic rings. The number of carbonyl (C=O) groups excluding carboxylic acids is 2. The lowest BCUT2D eigenvalue weighted by Gasteiger charge is -2.07. The molecule has 0 unspecified atom stereocenters. The van der Waals surface area contributed by atoms with Crippen LogP contribution in [-0.4, -0.2) is 29.1 Å². The maximum Gasteiger partial charge on any atom is 0.339 e. The van der Waals surface area contributed by atoms with Crippen molar-refractivity contribution in [3.05, 3.63) is 58.1 Å². The number of hydrogen-bond donors (Lipinski definition) is 2. The number of aromatic hydroxyl groups is 2. The van der Waals surface area contributed by atoms with Gasteiger partial charge in [-0.1, -0.05) is 17.7 Å². The van der Waals surface area contributed by atoms with E-state index in [1.165, 1.54) is 31.4 Å². The molecule has 0 heterocycles. The molecule has 0 saturated heterocycles. The lowest BCUT2D eigenvalue weighted by molar-refractivity contribution is 0.0601. The number of benzene rings is 2. The molecular weight excluding hydrogens is 308 g/mol. The van der Waals surface area contributed by atoms with Gasteiger partial charge in [0.15, 0.2) is 5.78 Å². The molecule has 2 aromatic carbocycles. The first-order valence-corrected chi connectivity index (χ1v) is 6.72. The van der Waals surface area contributed by atoms with Crippen molar-refractivity contribution in [1.82, 2.24) is 0 Å². The summed E-state index contributed by atoms with van der Waals surface area (Å²) in [7, 11) is 1.25. The van der Waals surface area contributed by atoms with Crippen LogP contribution in [0, 0.1) is 0 Å². The van der Waals surface area contributed by atoms with Crippen molar-refractivity contribution in [2.24, 2.45) is 0 Å². The van der Waals surface area contributed by atoms with E-state index in [2.05, 4.69) is 4.74 Å². The molecule has 0 radical (unpaired) electrons. The third-order valence-corrected chi connectivity index (χ3v) is 3.40. The van der Waals surface area contributed by atoms with Crippen molar-refractivity contribution in [3.63, 3.8) is 0 Å². The molecule has 0 spiro atoms. The summed E-state index contributed by atoms with van der Waals surface area (Å²) in [5, 5.41) is 19.1. The van der Waals surface area contributed by atoms with E-state index in [9.17, 15) is 19.8 Å². The Morgan fingerprint density at radius 2 is 1.77 bits per heavy atom.